The number of amides is 3. The molecule has 3 unspecified atom stereocenters. The molecule has 9 N–H and O–H groups in total. The minimum atomic E-state index is -1.82. The Balaban J connectivity index is 3.55. The molecule has 0 aliphatic rings. The summed E-state index contributed by atoms with van der Waals surface area (Å²) in [4.78, 5) is 72.1. The fraction of sp³-hybridized carbons (Fsp3) is 0.200. The zero-order valence-corrected chi connectivity index (χ0v) is 17.0. The lowest BCUT2D eigenvalue weighted by Crippen LogP contribution is -2.41. The molecule has 0 fully saturated rings. The van der Waals surface area contributed by atoms with Crippen molar-refractivity contribution in [2.45, 2.75) is 16.1 Å². The Morgan fingerprint density at radius 1 is 0.567 bits per heavy atom. The molecule has 3 amide bonds. The smallest absolute Gasteiger partial charge is 0.259 e. The van der Waals surface area contributed by atoms with Gasteiger partial charge in [0.15, 0.2) is 33.5 Å². The van der Waals surface area contributed by atoms with E-state index in [1.165, 1.54) is 0 Å². The molecule has 15 heteroatoms. The number of nitrogens with one attached hydrogen (secondary N) is 3. The zero-order chi connectivity index (χ0) is 23.2. The number of ketones is 3. The lowest BCUT2D eigenvalue weighted by atomic mass is 9.95. The molecular formula is C15H15Cl3N6O6. The first-order valence-corrected chi connectivity index (χ1v) is 9.02. The van der Waals surface area contributed by atoms with Crippen LogP contribution in [0, 0.1) is 0 Å². The quantitative estimate of drug-likeness (QED) is 0.0574. The Bertz CT molecular complexity index is 784. The zero-order valence-electron chi connectivity index (χ0n) is 14.8. The third kappa shape index (κ3) is 5.72. The van der Waals surface area contributed by atoms with Gasteiger partial charge in [-0.1, -0.05) is 0 Å². The highest BCUT2D eigenvalue weighted by atomic mass is 35.5. The van der Waals surface area contributed by atoms with E-state index in [0.717, 1.165) is 18.2 Å². The van der Waals surface area contributed by atoms with Gasteiger partial charge in [0.25, 0.3) is 17.7 Å². The Morgan fingerprint density at radius 2 is 0.767 bits per heavy atom. The summed E-state index contributed by atoms with van der Waals surface area (Å²) in [5.74, 6) is 8.44. The van der Waals surface area contributed by atoms with E-state index in [2.05, 4.69) is 0 Å². The molecule has 0 bridgehead atoms. The van der Waals surface area contributed by atoms with E-state index in [1.807, 2.05) is 0 Å². The molecule has 0 heterocycles. The Hall–Kier alpha value is -2.61. The van der Waals surface area contributed by atoms with Crippen LogP contribution in [0.25, 0.3) is 0 Å². The highest BCUT2D eigenvalue weighted by Gasteiger charge is 2.31. The summed E-state index contributed by atoms with van der Waals surface area (Å²) >= 11 is 17.2. The molecule has 0 aliphatic carbocycles. The normalized spacial score (nSPS) is 13.4. The fourth-order valence-corrected chi connectivity index (χ4v) is 2.64. The van der Waals surface area contributed by atoms with Crippen LogP contribution in [0.4, 0.5) is 0 Å². The number of hydrazine groups is 3. The summed E-state index contributed by atoms with van der Waals surface area (Å²) in [7, 11) is 0. The maximum Gasteiger partial charge on any atom is 0.259 e. The number of benzene rings is 1. The second kappa shape index (κ2) is 11.0. The molecule has 0 saturated heterocycles. The summed E-state index contributed by atoms with van der Waals surface area (Å²) in [6.45, 7) is 0. The maximum absolute atomic E-state index is 12.5. The summed E-state index contributed by atoms with van der Waals surface area (Å²) in [5.41, 5.74) is 3.81. The van der Waals surface area contributed by atoms with Crippen molar-refractivity contribution in [1.82, 2.24) is 16.3 Å². The molecule has 162 valence electrons. The van der Waals surface area contributed by atoms with Crippen molar-refractivity contribution in [2.24, 2.45) is 17.5 Å². The van der Waals surface area contributed by atoms with Gasteiger partial charge in [0.05, 0.1) is 0 Å². The minimum Gasteiger partial charge on any atom is -0.293 e. The average molecular weight is 482 g/mol. The van der Waals surface area contributed by atoms with Crippen LogP contribution in [0.1, 0.15) is 31.1 Å². The maximum atomic E-state index is 12.5. The van der Waals surface area contributed by atoms with E-state index in [-0.39, 0.29) is 0 Å². The first-order chi connectivity index (χ1) is 14.0. The van der Waals surface area contributed by atoms with Gasteiger partial charge in [0, 0.05) is 16.7 Å². The number of carbonyl (C=O) groups is 6. The standard InChI is InChI=1S/C15H15Cl3N6O6/c16-7(13(28)22-19)10(25)4-1-5(11(26)8(17)14(29)23-20)3-6(2-4)12(27)9(18)15(30)24-21/h1-3,7-9H,19-21H2,(H,22,28)(H,23,29)(H,24,30). The molecule has 0 spiro atoms. The number of Topliss-reactive ketones (excluding diaryl/α,β-unsaturated/α-hetero) is 3. The molecule has 0 radical (unpaired) electrons. The molecule has 0 aromatic heterocycles. The van der Waals surface area contributed by atoms with Gasteiger partial charge in [-0.3, -0.25) is 45.0 Å². The third-order valence-corrected chi connectivity index (χ3v) is 4.78. The Morgan fingerprint density at radius 3 is 0.933 bits per heavy atom. The minimum absolute atomic E-state index is 0.401. The molecular weight excluding hydrogens is 467 g/mol. The van der Waals surface area contributed by atoms with Crippen LogP contribution in [0.5, 0.6) is 0 Å². The van der Waals surface area contributed by atoms with Crippen LogP contribution < -0.4 is 33.8 Å². The number of halogens is 3. The monoisotopic (exact) mass is 480 g/mol. The summed E-state index contributed by atoms with van der Waals surface area (Å²) in [6.07, 6.45) is 0. The number of carbonyl (C=O) groups excluding carboxylic acids is 6. The van der Waals surface area contributed by atoms with E-state index in [0.29, 0.717) is 0 Å². The molecule has 0 aliphatic heterocycles. The number of hydrogen-bond donors (Lipinski definition) is 6. The molecule has 12 nitrogen and oxygen atoms in total. The van der Waals surface area contributed by atoms with Crippen molar-refractivity contribution in [1.29, 1.82) is 0 Å². The highest BCUT2D eigenvalue weighted by molar-refractivity contribution is 6.46. The van der Waals surface area contributed by atoms with Crippen LogP contribution in [-0.4, -0.2) is 51.2 Å². The van der Waals surface area contributed by atoms with Crippen molar-refractivity contribution >= 4 is 69.9 Å². The fourth-order valence-electron chi connectivity index (χ4n) is 2.07. The van der Waals surface area contributed by atoms with Gasteiger partial charge >= 0.3 is 0 Å². The van der Waals surface area contributed by atoms with Gasteiger partial charge < -0.3 is 0 Å². The summed E-state index contributed by atoms with van der Waals surface area (Å²) in [6, 6.07) is 2.81. The SMILES string of the molecule is NNC(=O)C(Cl)C(=O)c1cc(C(=O)C(Cl)C(=O)NN)cc(C(=O)C(Cl)C(=O)NN)c1. The molecule has 1 aromatic carbocycles. The molecule has 1 rings (SSSR count). The number of hydrogen-bond acceptors (Lipinski definition) is 9. The van der Waals surface area contributed by atoms with Gasteiger partial charge in [-0.15, -0.1) is 34.8 Å². The van der Waals surface area contributed by atoms with Crippen LogP contribution in [0.3, 0.4) is 0 Å². The molecule has 3 atom stereocenters. The average Bonchev–Trinajstić information content (AvgIpc) is 2.78. The Kier molecular flexibility index (Phi) is 9.29. The van der Waals surface area contributed by atoms with Crippen LogP contribution in [0.2, 0.25) is 0 Å². The Labute approximate surface area is 183 Å². The van der Waals surface area contributed by atoms with Crippen molar-refractivity contribution in [3.8, 4) is 0 Å². The summed E-state index contributed by atoms with van der Waals surface area (Å²) in [5, 5.41) is -5.45. The lowest BCUT2D eigenvalue weighted by molar-refractivity contribution is -0.120. The van der Waals surface area contributed by atoms with Crippen molar-refractivity contribution < 1.29 is 28.8 Å². The molecule has 0 saturated carbocycles. The molecule has 1 aromatic rings. The van der Waals surface area contributed by atoms with Crippen LogP contribution in [-0.2, 0) is 14.4 Å². The van der Waals surface area contributed by atoms with E-state index < -0.39 is 67.9 Å². The number of alkyl halides is 3. The van der Waals surface area contributed by atoms with E-state index in [4.69, 9.17) is 52.3 Å². The van der Waals surface area contributed by atoms with Crippen molar-refractivity contribution in [3.63, 3.8) is 0 Å². The van der Waals surface area contributed by atoms with Crippen molar-refractivity contribution in [3.05, 3.63) is 34.9 Å². The largest absolute Gasteiger partial charge is 0.293 e. The predicted octanol–water partition coefficient (Wildman–Crippen LogP) is -1.97. The van der Waals surface area contributed by atoms with E-state index in [1.54, 1.807) is 16.3 Å². The van der Waals surface area contributed by atoms with E-state index >= 15 is 0 Å². The second-order valence-corrected chi connectivity index (χ2v) is 6.81. The van der Waals surface area contributed by atoms with Gasteiger partial charge in [-0.2, -0.15) is 0 Å². The first kappa shape index (κ1) is 25.4. The van der Waals surface area contributed by atoms with Crippen LogP contribution in [0.15, 0.2) is 18.2 Å². The first-order valence-electron chi connectivity index (χ1n) is 7.71. The lowest BCUT2D eigenvalue weighted by Gasteiger charge is -2.13. The second-order valence-electron chi connectivity index (χ2n) is 5.51. The summed E-state index contributed by atoms with van der Waals surface area (Å²) < 4.78 is 0. The highest BCUT2D eigenvalue weighted by Crippen LogP contribution is 2.20. The number of rotatable bonds is 9. The van der Waals surface area contributed by atoms with Crippen LogP contribution >= 0.6 is 34.8 Å². The van der Waals surface area contributed by atoms with Gasteiger partial charge in [0.1, 0.15) is 0 Å². The number of nitrogens with two attached hydrogens (primary N) is 3. The van der Waals surface area contributed by atoms with Gasteiger partial charge in [-0.25, -0.2) is 17.5 Å². The van der Waals surface area contributed by atoms with Crippen molar-refractivity contribution in [2.75, 3.05) is 0 Å². The molecule has 30 heavy (non-hydrogen) atoms. The van der Waals surface area contributed by atoms with E-state index in [9.17, 15) is 28.8 Å². The topological polar surface area (TPSA) is 217 Å². The van der Waals surface area contributed by atoms with Gasteiger partial charge in [0.2, 0.25) is 0 Å². The third-order valence-electron chi connectivity index (χ3n) is 3.59. The predicted molar refractivity (Wildman–Crippen MR) is 105 cm³/mol. The van der Waals surface area contributed by atoms with Gasteiger partial charge in [-0.05, 0) is 18.2 Å².